The molecule has 0 saturated carbocycles. The maximum Gasteiger partial charge on any atom is 0.344 e. The molecule has 3 rings (SSSR count). The maximum absolute atomic E-state index is 11.2. The van der Waals surface area contributed by atoms with Crippen molar-refractivity contribution >= 4 is 40.1 Å². The summed E-state index contributed by atoms with van der Waals surface area (Å²) in [5, 5.41) is 11.1. The van der Waals surface area contributed by atoms with Crippen molar-refractivity contribution in [3.05, 3.63) is 68.8 Å². The van der Waals surface area contributed by atoms with E-state index in [0.717, 1.165) is 27.8 Å². The van der Waals surface area contributed by atoms with Crippen molar-refractivity contribution < 1.29 is 14.6 Å². The van der Waals surface area contributed by atoms with Crippen molar-refractivity contribution in [3.8, 4) is 5.75 Å². The SMILES string of the molecule is Cc1nc2c(Cl)ccc(OC(C)C(=O)O)c2c(C)c1Cc1ccc(Cl)cc1. The summed E-state index contributed by atoms with van der Waals surface area (Å²) >= 11 is 12.3. The first-order valence-electron chi connectivity index (χ1n) is 8.50. The van der Waals surface area contributed by atoms with Crippen molar-refractivity contribution in [2.75, 3.05) is 0 Å². The fourth-order valence-electron chi connectivity index (χ4n) is 3.08. The van der Waals surface area contributed by atoms with Gasteiger partial charge in [0.25, 0.3) is 0 Å². The molecule has 1 heterocycles. The van der Waals surface area contributed by atoms with Gasteiger partial charge in [-0.15, -0.1) is 0 Å². The van der Waals surface area contributed by atoms with Gasteiger partial charge in [0.2, 0.25) is 0 Å². The number of aromatic nitrogens is 1. The van der Waals surface area contributed by atoms with Crippen LogP contribution in [0.4, 0.5) is 0 Å². The number of fused-ring (bicyclic) bond motifs is 1. The zero-order chi connectivity index (χ0) is 19.7. The van der Waals surface area contributed by atoms with Gasteiger partial charge in [0.05, 0.1) is 10.5 Å². The number of hydrogen-bond donors (Lipinski definition) is 1. The highest BCUT2D eigenvalue weighted by Gasteiger charge is 2.19. The molecule has 0 fully saturated rings. The second-order valence-electron chi connectivity index (χ2n) is 6.47. The predicted molar refractivity (Wildman–Crippen MR) is 108 cm³/mol. The Kier molecular flexibility index (Phi) is 5.59. The second kappa shape index (κ2) is 7.75. The molecule has 3 aromatic rings. The number of aliphatic carboxylic acids is 1. The van der Waals surface area contributed by atoms with Crippen LogP contribution in [0.15, 0.2) is 36.4 Å². The Bertz CT molecular complexity index is 1020. The number of pyridine rings is 1. The number of benzene rings is 2. The molecule has 27 heavy (non-hydrogen) atoms. The largest absolute Gasteiger partial charge is 0.479 e. The molecule has 0 aliphatic carbocycles. The van der Waals surface area contributed by atoms with Crippen LogP contribution in [0.25, 0.3) is 10.9 Å². The highest BCUT2D eigenvalue weighted by atomic mass is 35.5. The predicted octanol–water partition coefficient (Wildman–Crippen LogP) is 5.60. The van der Waals surface area contributed by atoms with Gasteiger partial charge in [-0.05, 0) is 68.1 Å². The first-order chi connectivity index (χ1) is 12.8. The van der Waals surface area contributed by atoms with E-state index in [2.05, 4.69) is 4.98 Å². The summed E-state index contributed by atoms with van der Waals surface area (Å²) in [5.74, 6) is -0.566. The van der Waals surface area contributed by atoms with E-state index in [0.29, 0.717) is 27.7 Å². The molecule has 1 unspecified atom stereocenters. The van der Waals surface area contributed by atoms with Crippen LogP contribution in [0.5, 0.6) is 5.75 Å². The van der Waals surface area contributed by atoms with E-state index in [-0.39, 0.29) is 0 Å². The number of aryl methyl sites for hydroxylation is 2. The molecule has 1 N–H and O–H groups in total. The standard InChI is InChI=1S/C21H19Cl2NO3/c1-11-16(10-14-4-6-15(22)7-5-14)12(2)24-20-17(23)8-9-18(19(11)20)27-13(3)21(25)26/h4-9,13H,10H2,1-3H3,(H,25,26). The monoisotopic (exact) mass is 403 g/mol. The van der Waals surface area contributed by atoms with Gasteiger partial charge >= 0.3 is 5.97 Å². The first kappa shape index (κ1) is 19.5. The Hall–Kier alpha value is -2.30. The number of ether oxygens (including phenoxy) is 1. The summed E-state index contributed by atoms with van der Waals surface area (Å²) in [4.78, 5) is 15.9. The molecule has 0 radical (unpaired) electrons. The molecule has 0 aliphatic heterocycles. The highest BCUT2D eigenvalue weighted by molar-refractivity contribution is 6.35. The summed E-state index contributed by atoms with van der Waals surface area (Å²) in [6.45, 7) is 5.42. The molecule has 4 nitrogen and oxygen atoms in total. The Morgan fingerprint density at radius 2 is 1.81 bits per heavy atom. The van der Waals surface area contributed by atoms with Gasteiger partial charge in [-0.2, -0.15) is 0 Å². The van der Waals surface area contributed by atoms with Crippen molar-refractivity contribution in [1.82, 2.24) is 4.98 Å². The number of carbonyl (C=O) groups is 1. The van der Waals surface area contributed by atoms with Crippen LogP contribution in [-0.4, -0.2) is 22.2 Å². The smallest absolute Gasteiger partial charge is 0.344 e. The van der Waals surface area contributed by atoms with E-state index in [1.165, 1.54) is 6.92 Å². The fraction of sp³-hybridized carbons (Fsp3) is 0.238. The fourth-order valence-corrected chi connectivity index (χ4v) is 3.41. The van der Waals surface area contributed by atoms with Gasteiger partial charge < -0.3 is 9.84 Å². The van der Waals surface area contributed by atoms with Gasteiger partial charge in [-0.3, -0.25) is 4.98 Å². The molecule has 0 bridgehead atoms. The molecule has 0 amide bonds. The third-order valence-electron chi connectivity index (χ3n) is 4.58. The Labute approximate surface area is 167 Å². The third-order valence-corrected chi connectivity index (χ3v) is 5.14. The van der Waals surface area contributed by atoms with Crippen LogP contribution in [0.1, 0.15) is 29.3 Å². The quantitative estimate of drug-likeness (QED) is 0.601. The number of carboxylic acid groups (broad SMARTS) is 1. The Morgan fingerprint density at radius 1 is 1.15 bits per heavy atom. The minimum absolute atomic E-state index is 0.464. The van der Waals surface area contributed by atoms with Gasteiger partial charge in [-0.1, -0.05) is 35.3 Å². The lowest BCUT2D eigenvalue weighted by Crippen LogP contribution is -2.23. The van der Waals surface area contributed by atoms with Crippen molar-refractivity contribution in [1.29, 1.82) is 0 Å². The van der Waals surface area contributed by atoms with Gasteiger partial charge in [0, 0.05) is 16.1 Å². The van der Waals surface area contributed by atoms with Crippen LogP contribution in [-0.2, 0) is 11.2 Å². The average molecular weight is 404 g/mol. The number of carboxylic acids is 1. The normalized spacial score (nSPS) is 12.2. The van der Waals surface area contributed by atoms with Crippen LogP contribution < -0.4 is 4.74 Å². The molecular weight excluding hydrogens is 385 g/mol. The van der Waals surface area contributed by atoms with E-state index >= 15 is 0 Å². The molecule has 1 atom stereocenters. The van der Waals surface area contributed by atoms with Gasteiger partial charge in [0.15, 0.2) is 6.10 Å². The summed E-state index contributed by atoms with van der Waals surface area (Å²) in [5.41, 5.74) is 4.62. The van der Waals surface area contributed by atoms with Crippen molar-refractivity contribution in [2.45, 2.75) is 33.3 Å². The Morgan fingerprint density at radius 3 is 2.44 bits per heavy atom. The topological polar surface area (TPSA) is 59.4 Å². The molecule has 0 aliphatic rings. The summed E-state index contributed by atoms with van der Waals surface area (Å²) in [6.07, 6.45) is -0.298. The van der Waals surface area contributed by atoms with Crippen LogP contribution in [0.2, 0.25) is 10.0 Å². The molecular formula is C21H19Cl2NO3. The molecule has 6 heteroatoms. The lowest BCUT2D eigenvalue weighted by atomic mass is 9.95. The lowest BCUT2D eigenvalue weighted by Gasteiger charge is -2.18. The Balaban J connectivity index is 2.15. The van der Waals surface area contributed by atoms with E-state index in [9.17, 15) is 9.90 Å². The van der Waals surface area contributed by atoms with Crippen molar-refractivity contribution in [3.63, 3.8) is 0 Å². The molecule has 0 spiro atoms. The second-order valence-corrected chi connectivity index (χ2v) is 7.32. The molecule has 2 aromatic carbocycles. The first-order valence-corrected chi connectivity index (χ1v) is 9.25. The van der Waals surface area contributed by atoms with Crippen LogP contribution in [0, 0.1) is 13.8 Å². The van der Waals surface area contributed by atoms with Gasteiger partial charge in [-0.25, -0.2) is 4.79 Å². The van der Waals surface area contributed by atoms with Crippen molar-refractivity contribution in [2.24, 2.45) is 0 Å². The molecule has 1 aromatic heterocycles. The zero-order valence-corrected chi connectivity index (χ0v) is 16.7. The minimum Gasteiger partial charge on any atom is -0.479 e. The van der Waals surface area contributed by atoms with E-state index in [1.807, 2.05) is 38.1 Å². The van der Waals surface area contributed by atoms with Gasteiger partial charge in [0.1, 0.15) is 5.75 Å². The van der Waals surface area contributed by atoms with E-state index in [4.69, 9.17) is 27.9 Å². The summed E-state index contributed by atoms with van der Waals surface area (Å²) in [6, 6.07) is 11.0. The number of hydrogen-bond acceptors (Lipinski definition) is 3. The third kappa shape index (κ3) is 4.02. The summed E-state index contributed by atoms with van der Waals surface area (Å²) in [7, 11) is 0. The molecule has 140 valence electrons. The lowest BCUT2D eigenvalue weighted by molar-refractivity contribution is -0.144. The van der Waals surface area contributed by atoms with E-state index in [1.54, 1.807) is 12.1 Å². The van der Waals surface area contributed by atoms with Crippen LogP contribution >= 0.6 is 23.2 Å². The molecule has 0 saturated heterocycles. The number of nitrogens with zero attached hydrogens (tertiary/aromatic N) is 1. The minimum atomic E-state index is -1.03. The highest BCUT2D eigenvalue weighted by Crippen LogP contribution is 2.36. The zero-order valence-electron chi connectivity index (χ0n) is 15.2. The van der Waals surface area contributed by atoms with E-state index < -0.39 is 12.1 Å². The number of halogens is 2. The van der Waals surface area contributed by atoms with Crippen LogP contribution in [0.3, 0.4) is 0 Å². The maximum atomic E-state index is 11.2. The summed E-state index contributed by atoms with van der Waals surface area (Å²) < 4.78 is 5.67. The average Bonchev–Trinajstić information content (AvgIpc) is 2.62. The number of rotatable bonds is 5.